The first kappa shape index (κ1) is 21.4. The second-order valence-corrected chi connectivity index (χ2v) is 6.89. The first-order chi connectivity index (χ1) is 15.5. The fraction of sp³-hybridized carbons (Fsp3) is 0.261. The average molecular weight is 442 g/mol. The largest absolute Gasteiger partial charge is 0.507 e. The van der Waals surface area contributed by atoms with Gasteiger partial charge in [-0.1, -0.05) is 0 Å². The van der Waals surface area contributed by atoms with E-state index in [4.69, 9.17) is 28.4 Å². The molecule has 168 valence electrons. The van der Waals surface area contributed by atoms with E-state index < -0.39 is 12.6 Å². The Morgan fingerprint density at radius 2 is 1.53 bits per heavy atom. The summed E-state index contributed by atoms with van der Waals surface area (Å²) >= 11 is 0. The van der Waals surface area contributed by atoms with Gasteiger partial charge in [0.05, 0.1) is 40.6 Å². The van der Waals surface area contributed by atoms with Crippen LogP contribution in [0.15, 0.2) is 24.3 Å². The van der Waals surface area contributed by atoms with Crippen molar-refractivity contribution in [1.82, 2.24) is 0 Å². The zero-order chi connectivity index (χ0) is 23.0. The number of methoxy groups -OCH3 is 4. The normalized spacial score (nSPS) is 12.0. The Morgan fingerprint density at radius 3 is 2.03 bits per heavy atom. The molecule has 0 saturated heterocycles. The van der Waals surface area contributed by atoms with Crippen molar-refractivity contribution in [1.29, 1.82) is 0 Å². The van der Waals surface area contributed by atoms with Crippen molar-refractivity contribution >= 4 is 16.7 Å². The maximum absolute atomic E-state index is 12.9. The highest BCUT2D eigenvalue weighted by atomic mass is 16.7. The molecule has 0 bridgehead atoms. The van der Waals surface area contributed by atoms with Gasteiger partial charge in [0.2, 0.25) is 12.5 Å². The van der Waals surface area contributed by atoms with E-state index >= 15 is 0 Å². The van der Waals surface area contributed by atoms with E-state index in [9.17, 15) is 15.0 Å². The minimum absolute atomic E-state index is 0.00754. The molecular weight excluding hydrogens is 420 g/mol. The van der Waals surface area contributed by atoms with Gasteiger partial charge in [0.1, 0.15) is 5.75 Å². The van der Waals surface area contributed by atoms with E-state index in [1.165, 1.54) is 28.4 Å². The molecule has 32 heavy (non-hydrogen) atoms. The molecule has 0 radical (unpaired) electrons. The van der Waals surface area contributed by atoms with Crippen LogP contribution in [0.25, 0.3) is 21.9 Å². The molecule has 0 saturated carbocycles. The Labute approximate surface area is 183 Å². The number of fused-ring (bicyclic) bond motifs is 2. The van der Waals surface area contributed by atoms with Gasteiger partial charge in [0, 0.05) is 16.5 Å². The third-order valence-corrected chi connectivity index (χ3v) is 5.38. The van der Waals surface area contributed by atoms with Crippen LogP contribution in [0, 0.1) is 0 Å². The number of rotatable bonds is 6. The van der Waals surface area contributed by atoms with Crippen LogP contribution in [0.2, 0.25) is 0 Å². The van der Waals surface area contributed by atoms with Crippen molar-refractivity contribution < 1.29 is 43.4 Å². The van der Waals surface area contributed by atoms with E-state index in [1.54, 1.807) is 24.3 Å². The fourth-order valence-corrected chi connectivity index (χ4v) is 3.92. The molecule has 2 N–H and O–H groups in total. The molecule has 4 rings (SSSR count). The van der Waals surface area contributed by atoms with Crippen molar-refractivity contribution in [2.45, 2.75) is 6.61 Å². The summed E-state index contributed by atoms with van der Waals surface area (Å²) in [7, 11) is 5.67. The zero-order valence-electron chi connectivity index (χ0n) is 18.0. The number of esters is 1. The van der Waals surface area contributed by atoms with Crippen LogP contribution in [-0.4, -0.2) is 51.4 Å². The van der Waals surface area contributed by atoms with Crippen molar-refractivity contribution in [2.75, 3.05) is 35.2 Å². The quantitative estimate of drug-likeness (QED) is 0.556. The predicted octanol–water partition coefficient (Wildman–Crippen LogP) is 3.25. The zero-order valence-corrected chi connectivity index (χ0v) is 18.0. The fourth-order valence-electron chi connectivity index (χ4n) is 3.92. The van der Waals surface area contributed by atoms with Crippen LogP contribution in [-0.2, 0) is 11.3 Å². The summed E-state index contributed by atoms with van der Waals surface area (Å²) in [4.78, 5) is 12.9. The summed E-state index contributed by atoms with van der Waals surface area (Å²) in [5.74, 6) is 1.03. The molecule has 0 spiro atoms. The van der Waals surface area contributed by atoms with Gasteiger partial charge in [-0.05, 0) is 35.2 Å². The second-order valence-electron chi connectivity index (χ2n) is 6.89. The van der Waals surface area contributed by atoms with Crippen molar-refractivity contribution in [3.63, 3.8) is 0 Å². The maximum atomic E-state index is 12.9. The number of carbonyl (C=O) groups excluding carboxylic acids is 1. The Hall–Kier alpha value is -3.85. The molecule has 1 aliphatic rings. The first-order valence-corrected chi connectivity index (χ1v) is 9.59. The van der Waals surface area contributed by atoms with Crippen molar-refractivity contribution in [2.24, 2.45) is 0 Å². The minimum atomic E-state index is -0.729. The van der Waals surface area contributed by atoms with Gasteiger partial charge in [0.25, 0.3) is 0 Å². The highest BCUT2D eigenvalue weighted by Gasteiger charge is 2.29. The lowest BCUT2D eigenvalue weighted by atomic mass is 9.88. The summed E-state index contributed by atoms with van der Waals surface area (Å²) in [5, 5.41) is 21.8. The molecule has 0 fully saturated rings. The van der Waals surface area contributed by atoms with Crippen LogP contribution in [0.1, 0.15) is 15.9 Å². The molecule has 0 atom stereocenters. The van der Waals surface area contributed by atoms with Gasteiger partial charge in [-0.25, -0.2) is 4.79 Å². The number of aliphatic hydroxyl groups excluding tert-OH is 1. The highest BCUT2D eigenvalue weighted by Crippen LogP contribution is 2.49. The summed E-state index contributed by atoms with van der Waals surface area (Å²) in [6.45, 7) is -0.569. The van der Waals surface area contributed by atoms with Gasteiger partial charge >= 0.3 is 5.97 Å². The van der Waals surface area contributed by atoms with Crippen molar-refractivity contribution in [3.05, 3.63) is 35.4 Å². The first-order valence-electron chi connectivity index (χ1n) is 9.59. The van der Waals surface area contributed by atoms with Crippen LogP contribution in [0.5, 0.6) is 34.5 Å². The molecule has 9 heteroatoms. The van der Waals surface area contributed by atoms with E-state index in [0.717, 1.165) is 0 Å². The average Bonchev–Trinajstić information content (AvgIpc) is 3.28. The second kappa shape index (κ2) is 8.35. The molecule has 3 aromatic rings. The van der Waals surface area contributed by atoms with E-state index in [1.807, 2.05) is 0 Å². The van der Waals surface area contributed by atoms with Gasteiger partial charge in [-0.3, -0.25) is 0 Å². The van der Waals surface area contributed by atoms with E-state index in [-0.39, 0.29) is 23.7 Å². The Bertz CT molecular complexity index is 1190. The molecule has 0 amide bonds. The predicted molar refractivity (Wildman–Crippen MR) is 114 cm³/mol. The minimum Gasteiger partial charge on any atom is -0.507 e. The Kier molecular flexibility index (Phi) is 5.58. The third-order valence-electron chi connectivity index (χ3n) is 5.38. The van der Waals surface area contributed by atoms with Gasteiger partial charge in [-0.2, -0.15) is 0 Å². The number of carbonyl (C=O) groups is 1. The highest BCUT2D eigenvalue weighted by molar-refractivity contribution is 6.13. The van der Waals surface area contributed by atoms with Crippen LogP contribution in [0.3, 0.4) is 0 Å². The van der Waals surface area contributed by atoms with Crippen LogP contribution >= 0.6 is 0 Å². The molecule has 3 aromatic carbocycles. The lowest BCUT2D eigenvalue weighted by Gasteiger charge is -2.20. The van der Waals surface area contributed by atoms with Crippen LogP contribution < -0.4 is 23.7 Å². The third kappa shape index (κ3) is 3.18. The maximum Gasteiger partial charge on any atom is 0.339 e. The number of aromatic hydroxyl groups is 1. The molecule has 1 aliphatic heterocycles. The summed E-state index contributed by atoms with van der Waals surface area (Å²) in [6, 6.07) is 6.62. The molecular formula is C23H22O9. The number of benzene rings is 3. The van der Waals surface area contributed by atoms with Gasteiger partial charge < -0.3 is 38.6 Å². The van der Waals surface area contributed by atoms with Crippen LogP contribution in [0.4, 0.5) is 0 Å². The number of hydrogen-bond acceptors (Lipinski definition) is 9. The monoisotopic (exact) mass is 442 g/mol. The number of phenols is 1. The lowest BCUT2D eigenvalue weighted by Crippen LogP contribution is -2.10. The van der Waals surface area contributed by atoms with Gasteiger partial charge in [0.15, 0.2) is 23.0 Å². The number of hydrogen-bond donors (Lipinski definition) is 2. The lowest BCUT2D eigenvalue weighted by molar-refractivity contribution is 0.0597. The molecule has 0 unspecified atom stereocenters. The SMILES string of the molecule is COC(=O)c1c(CO)c(O)c2cc3c(cc2c1-c1cc(OC)c(OC)c(OC)c1)OCO3. The topological polar surface area (TPSA) is 113 Å². The molecule has 9 nitrogen and oxygen atoms in total. The smallest absolute Gasteiger partial charge is 0.339 e. The van der Waals surface area contributed by atoms with Crippen molar-refractivity contribution in [3.8, 4) is 45.6 Å². The van der Waals surface area contributed by atoms with Gasteiger partial charge in [-0.15, -0.1) is 0 Å². The summed E-state index contributed by atoms with van der Waals surface area (Å²) < 4.78 is 32.3. The summed E-state index contributed by atoms with van der Waals surface area (Å²) in [5.41, 5.74) is 0.935. The Morgan fingerprint density at radius 1 is 0.938 bits per heavy atom. The molecule has 1 heterocycles. The van der Waals surface area contributed by atoms with E-state index in [0.29, 0.717) is 50.6 Å². The molecule has 0 aliphatic carbocycles. The molecule has 0 aromatic heterocycles. The Balaban J connectivity index is 2.19. The summed E-state index contributed by atoms with van der Waals surface area (Å²) in [6.07, 6.45) is 0. The number of ether oxygens (including phenoxy) is 6. The van der Waals surface area contributed by atoms with E-state index in [2.05, 4.69) is 0 Å². The number of aliphatic hydroxyl groups is 1. The standard InChI is InChI=1S/C23H22O9/c1-27-17-5-11(6-18(28-2)22(17)29-3)19-12-7-15-16(32-10-31-15)8-13(12)21(25)14(9-24)20(19)23(26)30-4/h5-8,24-25H,9-10H2,1-4H3.